The molecule has 2 rings (SSSR count). The van der Waals surface area contributed by atoms with Gasteiger partial charge < -0.3 is 11.1 Å². The number of anilines is 1. The van der Waals surface area contributed by atoms with Crippen molar-refractivity contribution in [1.82, 2.24) is 0 Å². The Bertz CT molecular complexity index is 412. The van der Waals surface area contributed by atoms with Gasteiger partial charge in [-0.25, -0.2) is 0 Å². The van der Waals surface area contributed by atoms with Gasteiger partial charge in [-0.15, -0.1) is 0 Å². The molecule has 4 heteroatoms. The topological polar surface area (TPSA) is 38.0 Å². The molecule has 1 aromatic carbocycles. The van der Waals surface area contributed by atoms with E-state index >= 15 is 0 Å². The highest BCUT2D eigenvalue weighted by Gasteiger charge is 2.15. The van der Waals surface area contributed by atoms with Crippen molar-refractivity contribution in [2.75, 3.05) is 23.4 Å². The average Bonchev–Trinajstić information content (AvgIpc) is 2.80. The van der Waals surface area contributed by atoms with Gasteiger partial charge in [-0.05, 0) is 42.9 Å². The normalized spacial score (nSPS) is 19.2. The Labute approximate surface area is 112 Å². The first-order valence-corrected chi connectivity index (χ1v) is 7.45. The molecule has 1 atom stereocenters. The quantitative estimate of drug-likeness (QED) is 0.822. The molecular formula is C13H18N2S2. The minimum Gasteiger partial charge on any atom is -0.389 e. The van der Waals surface area contributed by atoms with Gasteiger partial charge in [0.1, 0.15) is 4.99 Å². The number of rotatable bonds is 4. The summed E-state index contributed by atoms with van der Waals surface area (Å²) in [5, 5.41) is 3.48. The second-order valence-electron chi connectivity index (χ2n) is 4.52. The molecule has 1 aliphatic rings. The molecule has 1 heterocycles. The molecule has 1 fully saturated rings. The van der Waals surface area contributed by atoms with Crippen molar-refractivity contribution in [1.29, 1.82) is 0 Å². The van der Waals surface area contributed by atoms with E-state index in [1.54, 1.807) is 0 Å². The Balaban J connectivity index is 2.06. The lowest BCUT2D eigenvalue weighted by molar-refractivity contribution is 0.632. The van der Waals surface area contributed by atoms with Crippen molar-refractivity contribution in [2.45, 2.75) is 13.3 Å². The Hall–Kier alpha value is -0.740. The van der Waals surface area contributed by atoms with E-state index in [1.165, 1.54) is 23.5 Å². The first-order valence-electron chi connectivity index (χ1n) is 5.89. The molecule has 0 aliphatic carbocycles. The van der Waals surface area contributed by atoms with Crippen LogP contribution in [0.1, 0.15) is 17.5 Å². The Morgan fingerprint density at radius 2 is 2.41 bits per heavy atom. The van der Waals surface area contributed by atoms with Gasteiger partial charge in [0.15, 0.2) is 0 Å². The van der Waals surface area contributed by atoms with E-state index < -0.39 is 0 Å². The first-order chi connectivity index (χ1) is 8.16. The van der Waals surface area contributed by atoms with Gasteiger partial charge in [0.05, 0.1) is 0 Å². The number of aryl methyl sites for hydroxylation is 1. The second-order valence-corrected chi connectivity index (χ2v) is 6.11. The van der Waals surface area contributed by atoms with Gasteiger partial charge in [-0.2, -0.15) is 11.8 Å². The Morgan fingerprint density at radius 1 is 1.59 bits per heavy atom. The van der Waals surface area contributed by atoms with E-state index in [4.69, 9.17) is 18.0 Å². The van der Waals surface area contributed by atoms with Crippen LogP contribution in [0.4, 0.5) is 5.69 Å². The number of nitrogens with two attached hydrogens (primary N) is 1. The van der Waals surface area contributed by atoms with Gasteiger partial charge >= 0.3 is 0 Å². The van der Waals surface area contributed by atoms with Crippen LogP contribution in [0, 0.1) is 12.8 Å². The predicted octanol–water partition coefficient (Wildman–Crippen LogP) is 2.79. The molecule has 92 valence electrons. The molecule has 0 radical (unpaired) electrons. The first kappa shape index (κ1) is 12.7. The maximum atomic E-state index is 5.75. The summed E-state index contributed by atoms with van der Waals surface area (Å²) in [6, 6.07) is 6.22. The van der Waals surface area contributed by atoms with Crippen molar-refractivity contribution >= 4 is 34.7 Å². The fraction of sp³-hybridized carbons (Fsp3) is 0.462. The van der Waals surface area contributed by atoms with E-state index in [0.29, 0.717) is 4.99 Å². The predicted molar refractivity (Wildman–Crippen MR) is 81.0 cm³/mol. The maximum Gasteiger partial charge on any atom is 0.106 e. The smallest absolute Gasteiger partial charge is 0.106 e. The largest absolute Gasteiger partial charge is 0.389 e. The van der Waals surface area contributed by atoms with Gasteiger partial charge in [-0.1, -0.05) is 23.8 Å². The lowest BCUT2D eigenvalue weighted by Crippen LogP contribution is -2.18. The summed E-state index contributed by atoms with van der Waals surface area (Å²) in [5.74, 6) is 3.34. The van der Waals surface area contributed by atoms with Crippen molar-refractivity contribution in [3.8, 4) is 0 Å². The van der Waals surface area contributed by atoms with Crippen LogP contribution in [0.2, 0.25) is 0 Å². The molecular weight excluding hydrogens is 248 g/mol. The van der Waals surface area contributed by atoms with Crippen molar-refractivity contribution < 1.29 is 0 Å². The highest BCUT2D eigenvalue weighted by atomic mass is 32.2. The van der Waals surface area contributed by atoms with Crippen LogP contribution < -0.4 is 11.1 Å². The van der Waals surface area contributed by atoms with E-state index in [1.807, 2.05) is 17.8 Å². The van der Waals surface area contributed by atoms with Crippen LogP contribution in [0.5, 0.6) is 0 Å². The summed E-state index contributed by atoms with van der Waals surface area (Å²) in [7, 11) is 0. The van der Waals surface area contributed by atoms with Crippen LogP contribution in [0.3, 0.4) is 0 Å². The molecule has 2 nitrogen and oxygen atoms in total. The molecule has 0 spiro atoms. The molecule has 0 amide bonds. The fourth-order valence-corrected chi connectivity index (χ4v) is 3.47. The third kappa shape index (κ3) is 3.36. The SMILES string of the molecule is Cc1ccc(NCC2CCSC2)c(C(N)=S)c1. The number of benzene rings is 1. The number of thiocarbonyl (C=S) groups is 1. The minimum absolute atomic E-state index is 0.469. The summed E-state index contributed by atoms with van der Waals surface area (Å²) in [6.07, 6.45) is 1.31. The number of nitrogens with one attached hydrogen (secondary N) is 1. The van der Waals surface area contributed by atoms with Crippen LogP contribution in [0.15, 0.2) is 18.2 Å². The van der Waals surface area contributed by atoms with E-state index in [2.05, 4.69) is 24.4 Å². The zero-order chi connectivity index (χ0) is 12.3. The van der Waals surface area contributed by atoms with Crippen molar-refractivity contribution in [3.63, 3.8) is 0 Å². The summed E-state index contributed by atoms with van der Waals surface area (Å²) in [5.41, 5.74) is 8.98. The lowest BCUT2D eigenvalue weighted by Gasteiger charge is -2.15. The number of hydrogen-bond donors (Lipinski definition) is 2. The molecule has 17 heavy (non-hydrogen) atoms. The van der Waals surface area contributed by atoms with E-state index in [9.17, 15) is 0 Å². The third-order valence-electron chi connectivity index (χ3n) is 3.05. The molecule has 1 aliphatic heterocycles. The van der Waals surface area contributed by atoms with Crippen LogP contribution in [0.25, 0.3) is 0 Å². The van der Waals surface area contributed by atoms with Crippen LogP contribution >= 0.6 is 24.0 Å². The molecule has 0 saturated carbocycles. The van der Waals surface area contributed by atoms with Gasteiger partial charge in [0.25, 0.3) is 0 Å². The highest BCUT2D eigenvalue weighted by molar-refractivity contribution is 7.99. The monoisotopic (exact) mass is 266 g/mol. The van der Waals surface area contributed by atoms with E-state index in [0.717, 1.165) is 23.7 Å². The summed E-state index contributed by atoms with van der Waals surface area (Å²) in [6.45, 7) is 3.07. The summed E-state index contributed by atoms with van der Waals surface area (Å²) in [4.78, 5) is 0.469. The lowest BCUT2D eigenvalue weighted by atomic mass is 10.1. The fourth-order valence-electron chi connectivity index (χ4n) is 2.01. The second kappa shape index (κ2) is 5.74. The molecule has 1 saturated heterocycles. The van der Waals surface area contributed by atoms with E-state index in [-0.39, 0.29) is 0 Å². The average molecular weight is 266 g/mol. The molecule has 1 unspecified atom stereocenters. The molecule has 1 aromatic rings. The Morgan fingerprint density at radius 3 is 3.06 bits per heavy atom. The summed E-state index contributed by atoms with van der Waals surface area (Å²) < 4.78 is 0. The number of hydrogen-bond acceptors (Lipinski definition) is 3. The standard InChI is InChI=1S/C13H18N2S2/c1-9-2-3-12(11(6-9)13(14)16)15-7-10-4-5-17-8-10/h2-3,6,10,15H,4-5,7-8H2,1H3,(H2,14,16). The Kier molecular flexibility index (Phi) is 4.29. The summed E-state index contributed by atoms with van der Waals surface area (Å²) >= 11 is 7.13. The van der Waals surface area contributed by atoms with Gasteiger partial charge in [0.2, 0.25) is 0 Å². The van der Waals surface area contributed by atoms with Crippen molar-refractivity contribution in [3.05, 3.63) is 29.3 Å². The van der Waals surface area contributed by atoms with Gasteiger partial charge in [0, 0.05) is 17.8 Å². The number of thioether (sulfide) groups is 1. The molecule has 3 N–H and O–H groups in total. The minimum atomic E-state index is 0.469. The van der Waals surface area contributed by atoms with Gasteiger partial charge in [-0.3, -0.25) is 0 Å². The zero-order valence-electron chi connectivity index (χ0n) is 10.0. The zero-order valence-corrected chi connectivity index (χ0v) is 11.7. The third-order valence-corrected chi connectivity index (χ3v) is 4.50. The maximum absolute atomic E-state index is 5.75. The molecule has 0 aromatic heterocycles. The highest BCUT2D eigenvalue weighted by Crippen LogP contribution is 2.24. The molecule has 0 bridgehead atoms. The van der Waals surface area contributed by atoms with Crippen molar-refractivity contribution in [2.24, 2.45) is 11.7 Å². The van der Waals surface area contributed by atoms with Crippen LogP contribution in [-0.2, 0) is 0 Å². The van der Waals surface area contributed by atoms with Crippen LogP contribution in [-0.4, -0.2) is 23.0 Å².